The number of benzene rings is 1. The molecule has 7 heteroatoms. The summed E-state index contributed by atoms with van der Waals surface area (Å²) in [5, 5.41) is 2.58. The van der Waals surface area contributed by atoms with Crippen LogP contribution in [-0.2, 0) is 6.54 Å². The van der Waals surface area contributed by atoms with Gasteiger partial charge in [0.2, 0.25) is 0 Å². The second-order valence-corrected chi connectivity index (χ2v) is 5.37. The van der Waals surface area contributed by atoms with Crippen LogP contribution in [0.15, 0.2) is 30.6 Å². The number of carbonyl (C=O) groups is 1. The van der Waals surface area contributed by atoms with Gasteiger partial charge in [-0.3, -0.25) is 4.79 Å². The van der Waals surface area contributed by atoms with E-state index in [1.165, 1.54) is 12.4 Å². The second kappa shape index (κ2) is 6.68. The minimum absolute atomic E-state index is 0.0337. The van der Waals surface area contributed by atoms with Crippen LogP contribution in [0.2, 0.25) is 0 Å². The van der Waals surface area contributed by atoms with Gasteiger partial charge < -0.3 is 10.2 Å². The molecule has 1 fully saturated rings. The molecule has 2 heterocycles. The van der Waals surface area contributed by atoms with E-state index in [2.05, 4.69) is 20.2 Å². The van der Waals surface area contributed by atoms with E-state index in [9.17, 15) is 13.6 Å². The number of halogens is 2. The van der Waals surface area contributed by atoms with E-state index < -0.39 is 17.5 Å². The second-order valence-electron chi connectivity index (χ2n) is 5.37. The van der Waals surface area contributed by atoms with Gasteiger partial charge in [-0.15, -0.1) is 0 Å². The van der Waals surface area contributed by atoms with Gasteiger partial charge in [0.25, 0.3) is 5.91 Å². The Balaban J connectivity index is 1.67. The smallest absolute Gasteiger partial charge is 0.270 e. The fraction of sp³-hybridized carbons (Fsp3) is 0.312. The summed E-state index contributed by atoms with van der Waals surface area (Å²) in [7, 11) is 0. The highest BCUT2D eigenvalue weighted by atomic mass is 19.1. The minimum Gasteiger partial charge on any atom is -0.357 e. The van der Waals surface area contributed by atoms with Crippen molar-refractivity contribution >= 4 is 11.7 Å². The molecule has 23 heavy (non-hydrogen) atoms. The lowest BCUT2D eigenvalue weighted by Gasteiger charge is -2.16. The molecule has 1 aromatic heterocycles. The van der Waals surface area contributed by atoms with Gasteiger partial charge in [0, 0.05) is 37.3 Å². The fourth-order valence-corrected chi connectivity index (χ4v) is 2.52. The zero-order valence-corrected chi connectivity index (χ0v) is 12.4. The number of hydrogen-bond donors (Lipinski definition) is 1. The predicted octanol–water partition coefficient (Wildman–Crippen LogP) is 2.29. The topological polar surface area (TPSA) is 58.1 Å². The van der Waals surface area contributed by atoms with E-state index in [0.717, 1.165) is 43.9 Å². The number of aromatic nitrogens is 2. The number of carbonyl (C=O) groups excluding carboxylic acids is 1. The minimum atomic E-state index is -0.689. The Morgan fingerprint density at radius 2 is 1.96 bits per heavy atom. The van der Waals surface area contributed by atoms with Crippen molar-refractivity contribution in [3.8, 4) is 0 Å². The first-order chi connectivity index (χ1) is 11.1. The van der Waals surface area contributed by atoms with Crippen LogP contribution < -0.4 is 10.2 Å². The number of anilines is 1. The van der Waals surface area contributed by atoms with Crippen LogP contribution in [0, 0.1) is 11.6 Å². The van der Waals surface area contributed by atoms with Crippen molar-refractivity contribution in [2.45, 2.75) is 19.4 Å². The number of nitrogens with zero attached hydrogens (tertiary/aromatic N) is 3. The maximum Gasteiger partial charge on any atom is 0.270 e. The van der Waals surface area contributed by atoms with Crippen LogP contribution in [0.25, 0.3) is 0 Å². The molecule has 5 nitrogen and oxygen atoms in total. The monoisotopic (exact) mass is 318 g/mol. The van der Waals surface area contributed by atoms with Gasteiger partial charge in [0.1, 0.15) is 29.5 Å². The summed E-state index contributed by atoms with van der Waals surface area (Å²) < 4.78 is 26.4. The first-order valence-corrected chi connectivity index (χ1v) is 7.42. The van der Waals surface area contributed by atoms with Gasteiger partial charge in [-0.25, -0.2) is 18.7 Å². The van der Waals surface area contributed by atoms with Crippen LogP contribution in [0.5, 0.6) is 0 Å². The molecule has 0 radical (unpaired) electrons. The van der Waals surface area contributed by atoms with Crippen LogP contribution >= 0.6 is 0 Å². The summed E-state index contributed by atoms with van der Waals surface area (Å²) in [5.41, 5.74) is 0.443. The molecule has 0 aliphatic carbocycles. The molecule has 0 atom stereocenters. The highest BCUT2D eigenvalue weighted by Crippen LogP contribution is 2.17. The van der Waals surface area contributed by atoms with Gasteiger partial charge in [-0.2, -0.15) is 0 Å². The molecule has 120 valence electrons. The van der Waals surface area contributed by atoms with Gasteiger partial charge in [0.15, 0.2) is 0 Å². The third-order valence-corrected chi connectivity index (χ3v) is 3.77. The lowest BCUT2D eigenvalue weighted by atomic mass is 10.2. The molecule has 0 unspecified atom stereocenters. The van der Waals surface area contributed by atoms with Gasteiger partial charge >= 0.3 is 0 Å². The molecular formula is C16H16F2N4O. The van der Waals surface area contributed by atoms with Gasteiger partial charge in [-0.05, 0) is 18.9 Å². The number of hydrogen-bond acceptors (Lipinski definition) is 4. The van der Waals surface area contributed by atoms with Crippen molar-refractivity contribution in [3.63, 3.8) is 0 Å². The summed E-state index contributed by atoms with van der Waals surface area (Å²) in [6.07, 6.45) is 3.56. The van der Waals surface area contributed by atoms with Crippen molar-refractivity contribution in [1.82, 2.24) is 15.3 Å². The Labute approximate surface area is 132 Å². The summed E-state index contributed by atoms with van der Waals surface area (Å²) in [4.78, 5) is 22.4. The van der Waals surface area contributed by atoms with Gasteiger partial charge in [0.05, 0.1) is 0 Å². The predicted molar refractivity (Wildman–Crippen MR) is 81.0 cm³/mol. The van der Waals surface area contributed by atoms with Crippen molar-refractivity contribution in [2.24, 2.45) is 0 Å². The summed E-state index contributed by atoms with van der Waals surface area (Å²) in [5.74, 6) is -1.04. The van der Waals surface area contributed by atoms with E-state index in [1.54, 1.807) is 6.07 Å². The number of rotatable bonds is 4. The van der Waals surface area contributed by atoms with E-state index in [0.29, 0.717) is 0 Å². The maximum absolute atomic E-state index is 13.5. The molecule has 0 saturated carbocycles. The Bertz CT molecular complexity index is 717. The number of nitrogens with one attached hydrogen (secondary N) is 1. The van der Waals surface area contributed by atoms with Gasteiger partial charge in [-0.1, -0.05) is 6.07 Å². The van der Waals surface area contributed by atoms with Crippen molar-refractivity contribution in [1.29, 1.82) is 0 Å². The molecule has 2 aromatic rings. The lowest BCUT2D eigenvalue weighted by Crippen LogP contribution is -2.25. The van der Waals surface area contributed by atoms with Crippen LogP contribution in [-0.4, -0.2) is 29.0 Å². The molecular weight excluding hydrogens is 302 g/mol. The van der Waals surface area contributed by atoms with Crippen LogP contribution in [0.1, 0.15) is 28.9 Å². The molecule has 3 rings (SSSR count). The Morgan fingerprint density at radius 1 is 1.17 bits per heavy atom. The maximum atomic E-state index is 13.5. The zero-order valence-electron chi connectivity index (χ0n) is 12.4. The molecule has 0 spiro atoms. The summed E-state index contributed by atoms with van der Waals surface area (Å²) in [6.45, 7) is 1.80. The zero-order chi connectivity index (χ0) is 16.2. The molecule has 1 saturated heterocycles. The lowest BCUT2D eigenvalue weighted by molar-refractivity contribution is 0.0945. The Morgan fingerprint density at radius 3 is 2.70 bits per heavy atom. The molecule has 1 aliphatic heterocycles. The molecule has 1 amide bonds. The first-order valence-electron chi connectivity index (χ1n) is 7.42. The fourth-order valence-electron chi connectivity index (χ4n) is 2.52. The highest BCUT2D eigenvalue weighted by molar-refractivity contribution is 5.92. The third kappa shape index (κ3) is 3.61. The average Bonchev–Trinajstić information content (AvgIpc) is 3.08. The highest BCUT2D eigenvalue weighted by Gasteiger charge is 2.16. The standard InChI is InChI=1S/C16H16F2N4O/c17-12-4-3-11(13(18)7-12)9-19-16(23)14-8-15(21-10-20-14)22-5-1-2-6-22/h3-4,7-8,10H,1-2,5-6,9H2,(H,19,23). The van der Waals surface area contributed by atoms with Crippen molar-refractivity contribution in [2.75, 3.05) is 18.0 Å². The average molecular weight is 318 g/mol. The van der Waals surface area contributed by atoms with E-state index in [-0.39, 0.29) is 17.8 Å². The van der Waals surface area contributed by atoms with Crippen molar-refractivity contribution in [3.05, 3.63) is 53.5 Å². The SMILES string of the molecule is O=C(NCc1ccc(F)cc1F)c1cc(N2CCCC2)ncn1. The summed E-state index contributed by atoms with van der Waals surface area (Å²) in [6, 6.07) is 4.88. The van der Waals surface area contributed by atoms with E-state index in [1.807, 2.05) is 0 Å². The van der Waals surface area contributed by atoms with E-state index >= 15 is 0 Å². The Kier molecular flexibility index (Phi) is 4.45. The summed E-state index contributed by atoms with van der Waals surface area (Å²) >= 11 is 0. The van der Waals surface area contributed by atoms with Crippen molar-refractivity contribution < 1.29 is 13.6 Å². The first kappa shape index (κ1) is 15.3. The number of amides is 1. The van der Waals surface area contributed by atoms with Crippen LogP contribution in [0.4, 0.5) is 14.6 Å². The van der Waals surface area contributed by atoms with Crippen LogP contribution in [0.3, 0.4) is 0 Å². The van der Waals surface area contributed by atoms with E-state index in [4.69, 9.17) is 0 Å². The molecule has 1 aromatic carbocycles. The normalized spacial score (nSPS) is 14.1. The third-order valence-electron chi connectivity index (χ3n) is 3.77. The molecule has 1 N–H and O–H groups in total. The largest absolute Gasteiger partial charge is 0.357 e. The quantitative estimate of drug-likeness (QED) is 0.940. The molecule has 0 bridgehead atoms. The molecule has 1 aliphatic rings. The Hall–Kier alpha value is -2.57.